The fourth-order valence-corrected chi connectivity index (χ4v) is 5.30. The van der Waals surface area contributed by atoms with Gasteiger partial charge in [0.2, 0.25) is 0 Å². The molecule has 0 bridgehead atoms. The monoisotopic (exact) mass is 465 g/mol. The van der Waals surface area contributed by atoms with E-state index in [0.29, 0.717) is 5.56 Å². The van der Waals surface area contributed by atoms with E-state index in [9.17, 15) is 5.26 Å². The third-order valence-corrected chi connectivity index (χ3v) is 7.25. The van der Waals surface area contributed by atoms with Gasteiger partial charge >= 0.3 is 0 Å². The smallest absolute Gasteiger partial charge is 0.103 e. The molecule has 1 aliphatic heterocycles. The number of benzene rings is 2. The van der Waals surface area contributed by atoms with Crippen LogP contribution in [0.5, 0.6) is 0 Å². The third kappa shape index (κ3) is 4.86. The Morgan fingerprint density at radius 2 is 1.91 bits per heavy atom. The molecule has 2 N–H and O–H groups in total. The molecule has 0 unspecified atom stereocenters. The second-order valence-electron chi connectivity index (χ2n) is 8.53. The predicted octanol–water partition coefficient (Wildman–Crippen LogP) is 6.21. The molecule has 0 saturated carbocycles. The van der Waals surface area contributed by atoms with Crippen molar-refractivity contribution in [1.82, 2.24) is 14.9 Å². The highest BCUT2D eigenvalue weighted by molar-refractivity contribution is 7.99. The second-order valence-corrected chi connectivity index (χ2v) is 9.75. The van der Waals surface area contributed by atoms with Gasteiger partial charge in [0.1, 0.15) is 6.07 Å². The molecule has 0 atom stereocenters. The molecule has 34 heavy (non-hydrogen) atoms. The molecule has 5 nitrogen and oxygen atoms in total. The molecule has 1 aliphatic rings. The normalized spacial score (nSPS) is 14.5. The quantitative estimate of drug-likeness (QED) is 0.355. The van der Waals surface area contributed by atoms with Gasteiger partial charge in [0.25, 0.3) is 0 Å². The molecule has 4 aromatic rings. The van der Waals surface area contributed by atoms with Gasteiger partial charge in [0.05, 0.1) is 11.3 Å². The number of pyridine rings is 1. The minimum Gasteiger partial charge on any atom is -0.361 e. The first-order valence-electron chi connectivity index (χ1n) is 11.5. The molecule has 0 spiro atoms. The number of thioether (sulfide) groups is 1. The lowest BCUT2D eigenvalue weighted by Gasteiger charge is -2.26. The standard InChI is InChI=1S/C28H27N5S/c1-20-25-10-11-31-27(25)9-8-26(20)32-28-23(17-30-18-24(28)16-29)7-6-21-2-4-22(5-3-21)19-33-12-14-34-15-13-33/h2-11,17-18,31H,12-15,19H2,1H3,(H,30,32). The van der Waals surface area contributed by atoms with Crippen molar-refractivity contribution in [3.63, 3.8) is 0 Å². The summed E-state index contributed by atoms with van der Waals surface area (Å²) in [6.45, 7) is 5.44. The molecule has 1 fully saturated rings. The van der Waals surface area contributed by atoms with E-state index in [4.69, 9.17) is 0 Å². The zero-order valence-corrected chi connectivity index (χ0v) is 20.0. The van der Waals surface area contributed by atoms with Gasteiger partial charge < -0.3 is 10.3 Å². The topological polar surface area (TPSA) is 67.7 Å². The van der Waals surface area contributed by atoms with Crippen LogP contribution in [-0.4, -0.2) is 39.5 Å². The number of aromatic amines is 1. The number of aryl methyl sites for hydroxylation is 1. The van der Waals surface area contributed by atoms with Crippen molar-refractivity contribution in [3.8, 4) is 6.07 Å². The first-order valence-corrected chi connectivity index (χ1v) is 12.7. The Balaban J connectivity index is 1.37. The van der Waals surface area contributed by atoms with E-state index >= 15 is 0 Å². The highest BCUT2D eigenvalue weighted by Gasteiger charge is 2.12. The minimum absolute atomic E-state index is 0.519. The summed E-state index contributed by atoms with van der Waals surface area (Å²) in [7, 11) is 0. The SMILES string of the molecule is Cc1c(Nc2c(C#N)cncc2C=Cc2ccc(CN3CCSCC3)cc2)ccc2[nH]ccc12. The molecule has 3 heterocycles. The van der Waals surface area contributed by atoms with Crippen LogP contribution in [0.4, 0.5) is 11.4 Å². The van der Waals surface area contributed by atoms with Gasteiger partial charge in [-0.2, -0.15) is 17.0 Å². The second kappa shape index (κ2) is 10.2. The molecule has 2 aromatic heterocycles. The van der Waals surface area contributed by atoms with E-state index in [0.717, 1.165) is 45.5 Å². The zero-order chi connectivity index (χ0) is 23.3. The van der Waals surface area contributed by atoms with Crippen molar-refractivity contribution in [3.05, 3.63) is 88.9 Å². The predicted molar refractivity (Wildman–Crippen MR) is 143 cm³/mol. The van der Waals surface area contributed by atoms with Crippen molar-refractivity contribution in [1.29, 1.82) is 5.26 Å². The fourth-order valence-electron chi connectivity index (χ4n) is 4.32. The number of nitrogens with one attached hydrogen (secondary N) is 2. The summed E-state index contributed by atoms with van der Waals surface area (Å²) in [6, 6.07) is 17.2. The number of H-pyrrole nitrogens is 1. The third-order valence-electron chi connectivity index (χ3n) is 6.30. The number of aromatic nitrogens is 2. The molecule has 0 amide bonds. The van der Waals surface area contributed by atoms with Crippen LogP contribution in [0.3, 0.4) is 0 Å². The Kier molecular flexibility index (Phi) is 6.66. The summed E-state index contributed by atoms with van der Waals surface area (Å²) in [6.07, 6.45) is 9.45. The first-order chi connectivity index (χ1) is 16.7. The van der Waals surface area contributed by atoms with Crippen LogP contribution in [0.15, 0.2) is 61.1 Å². The molecule has 2 aromatic carbocycles. The Labute approximate surface area is 204 Å². The minimum atomic E-state index is 0.519. The van der Waals surface area contributed by atoms with Crippen LogP contribution in [0, 0.1) is 18.3 Å². The molecule has 5 rings (SSSR count). The summed E-state index contributed by atoms with van der Waals surface area (Å²) >= 11 is 2.04. The van der Waals surface area contributed by atoms with Crippen LogP contribution in [0.25, 0.3) is 23.1 Å². The molecule has 0 aliphatic carbocycles. The van der Waals surface area contributed by atoms with Crippen molar-refractivity contribution < 1.29 is 0 Å². The van der Waals surface area contributed by atoms with Crippen LogP contribution in [-0.2, 0) is 6.54 Å². The lowest BCUT2D eigenvalue weighted by atomic mass is 10.1. The van der Waals surface area contributed by atoms with Crippen LogP contribution >= 0.6 is 11.8 Å². The molecule has 170 valence electrons. The Hall–Kier alpha value is -3.53. The lowest BCUT2D eigenvalue weighted by molar-refractivity contribution is 0.294. The van der Waals surface area contributed by atoms with E-state index < -0.39 is 0 Å². The lowest BCUT2D eigenvalue weighted by Crippen LogP contribution is -2.31. The summed E-state index contributed by atoms with van der Waals surface area (Å²) in [5, 5.41) is 14.4. The van der Waals surface area contributed by atoms with Gasteiger partial charge in [-0.05, 0) is 41.8 Å². The van der Waals surface area contributed by atoms with E-state index in [2.05, 4.69) is 75.7 Å². The average molecular weight is 466 g/mol. The summed E-state index contributed by atoms with van der Waals surface area (Å²) in [4.78, 5) is 10.1. The maximum absolute atomic E-state index is 9.71. The number of hydrogen-bond donors (Lipinski definition) is 2. The van der Waals surface area contributed by atoms with Crippen LogP contribution < -0.4 is 5.32 Å². The van der Waals surface area contributed by atoms with Crippen molar-refractivity contribution in [2.45, 2.75) is 13.5 Å². The summed E-state index contributed by atoms with van der Waals surface area (Å²) < 4.78 is 0. The Morgan fingerprint density at radius 3 is 2.71 bits per heavy atom. The average Bonchev–Trinajstić information content (AvgIpc) is 3.36. The number of hydrogen-bond acceptors (Lipinski definition) is 5. The number of nitrogens with zero attached hydrogens (tertiary/aromatic N) is 3. The van der Waals surface area contributed by atoms with E-state index in [1.54, 1.807) is 12.4 Å². The van der Waals surface area contributed by atoms with E-state index in [-0.39, 0.29) is 0 Å². The number of rotatable bonds is 6. The van der Waals surface area contributed by atoms with Crippen molar-refractivity contribution in [2.24, 2.45) is 0 Å². The van der Waals surface area contributed by atoms with Crippen LogP contribution in [0.2, 0.25) is 0 Å². The summed E-state index contributed by atoms with van der Waals surface area (Å²) in [5.74, 6) is 2.46. The van der Waals surface area contributed by atoms with Gasteiger partial charge in [-0.3, -0.25) is 9.88 Å². The highest BCUT2D eigenvalue weighted by Crippen LogP contribution is 2.31. The Bertz CT molecular complexity index is 1360. The first kappa shape index (κ1) is 22.3. The largest absolute Gasteiger partial charge is 0.361 e. The van der Waals surface area contributed by atoms with Gasteiger partial charge in [-0.25, -0.2) is 0 Å². The highest BCUT2D eigenvalue weighted by atomic mass is 32.2. The fraction of sp³-hybridized carbons (Fsp3) is 0.214. The Morgan fingerprint density at radius 1 is 1.09 bits per heavy atom. The van der Waals surface area contributed by atoms with Gasteiger partial charge in [0.15, 0.2) is 0 Å². The molecular formula is C28H27N5S. The van der Waals surface area contributed by atoms with E-state index in [1.165, 1.54) is 30.2 Å². The summed E-state index contributed by atoms with van der Waals surface area (Å²) in [5.41, 5.74) is 7.84. The van der Waals surface area contributed by atoms with Gasteiger partial charge in [-0.15, -0.1) is 0 Å². The maximum atomic E-state index is 9.71. The van der Waals surface area contributed by atoms with Gasteiger partial charge in [-0.1, -0.05) is 36.4 Å². The molecule has 1 saturated heterocycles. The number of fused-ring (bicyclic) bond motifs is 1. The zero-order valence-electron chi connectivity index (χ0n) is 19.2. The van der Waals surface area contributed by atoms with Crippen molar-refractivity contribution >= 4 is 46.2 Å². The number of anilines is 2. The maximum Gasteiger partial charge on any atom is 0.103 e. The number of nitriles is 1. The van der Waals surface area contributed by atoms with Gasteiger partial charge in [0, 0.05) is 71.9 Å². The molecular weight excluding hydrogens is 438 g/mol. The van der Waals surface area contributed by atoms with Crippen LogP contribution in [0.1, 0.15) is 27.8 Å². The van der Waals surface area contributed by atoms with E-state index in [1.807, 2.05) is 30.1 Å². The molecule has 0 radical (unpaired) electrons. The van der Waals surface area contributed by atoms with Crippen molar-refractivity contribution in [2.75, 3.05) is 29.9 Å². The molecule has 6 heteroatoms.